The summed E-state index contributed by atoms with van der Waals surface area (Å²) in [6.07, 6.45) is 0. The van der Waals surface area contributed by atoms with Crippen LogP contribution in [0.15, 0.2) is 59.0 Å². The van der Waals surface area contributed by atoms with Gasteiger partial charge in [0, 0.05) is 31.7 Å². The van der Waals surface area contributed by atoms with Gasteiger partial charge in [0.2, 0.25) is 5.89 Å². The number of ether oxygens (including phenoxy) is 2. The van der Waals surface area contributed by atoms with Gasteiger partial charge in [0.25, 0.3) is 5.91 Å². The number of carbonyl (C=O) groups excluding carboxylic acids is 1. The van der Waals surface area contributed by atoms with Crippen molar-refractivity contribution < 1.29 is 18.7 Å². The normalized spacial score (nSPS) is 14.4. The van der Waals surface area contributed by atoms with E-state index in [0.717, 1.165) is 49.7 Å². The third kappa shape index (κ3) is 5.71. The molecule has 2 heterocycles. The fraction of sp³-hybridized carbons (Fsp3) is 0.333. The van der Waals surface area contributed by atoms with Crippen LogP contribution in [0.2, 0.25) is 0 Å². The van der Waals surface area contributed by atoms with Gasteiger partial charge in [-0.15, -0.1) is 0 Å². The minimum atomic E-state index is -0.262. The van der Waals surface area contributed by atoms with Crippen molar-refractivity contribution in [3.63, 3.8) is 0 Å². The van der Waals surface area contributed by atoms with Crippen LogP contribution < -0.4 is 10.1 Å². The van der Waals surface area contributed by atoms with E-state index in [4.69, 9.17) is 13.9 Å². The van der Waals surface area contributed by atoms with Gasteiger partial charge >= 0.3 is 0 Å². The van der Waals surface area contributed by atoms with Crippen LogP contribution in [0.4, 0.5) is 0 Å². The van der Waals surface area contributed by atoms with Gasteiger partial charge in [-0.3, -0.25) is 9.69 Å². The molecule has 2 aromatic carbocycles. The first-order valence-electron chi connectivity index (χ1n) is 10.5. The summed E-state index contributed by atoms with van der Waals surface area (Å²) < 4.78 is 16.9. The number of rotatable bonds is 8. The van der Waals surface area contributed by atoms with E-state index in [0.29, 0.717) is 30.5 Å². The number of nitrogens with one attached hydrogen (secondary N) is 1. The van der Waals surface area contributed by atoms with E-state index >= 15 is 0 Å². The molecule has 4 rings (SSSR count). The van der Waals surface area contributed by atoms with Gasteiger partial charge in [0.15, 0.2) is 5.69 Å². The molecule has 0 atom stereocenters. The zero-order valence-electron chi connectivity index (χ0n) is 17.7. The van der Waals surface area contributed by atoms with Crippen LogP contribution >= 0.6 is 0 Å². The van der Waals surface area contributed by atoms with E-state index in [2.05, 4.69) is 15.2 Å². The molecule has 7 nitrogen and oxygen atoms in total. The highest BCUT2D eigenvalue weighted by Crippen LogP contribution is 2.21. The second kappa shape index (κ2) is 10.2. The lowest BCUT2D eigenvalue weighted by atomic mass is 10.2. The maximum atomic E-state index is 12.6. The topological polar surface area (TPSA) is 76.8 Å². The Bertz CT molecular complexity index is 997. The lowest BCUT2D eigenvalue weighted by Gasteiger charge is -2.26. The number of morpholine rings is 1. The Balaban J connectivity index is 1.30. The molecule has 1 amide bonds. The van der Waals surface area contributed by atoms with Crippen molar-refractivity contribution in [1.82, 2.24) is 15.2 Å². The summed E-state index contributed by atoms with van der Waals surface area (Å²) in [5.74, 6) is 1.47. The number of carbonyl (C=O) groups is 1. The minimum Gasteiger partial charge on any atom is -0.492 e. The maximum absolute atomic E-state index is 12.6. The van der Waals surface area contributed by atoms with Crippen molar-refractivity contribution in [1.29, 1.82) is 0 Å². The zero-order chi connectivity index (χ0) is 21.5. The molecule has 1 aromatic heterocycles. The van der Waals surface area contributed by atoms with Crippen LogP contribution in [0, 0.1) is 6.92 Å². The van der Waals surface area contributed by atoms with Crippen molar-refractivity contribution in [3.8, 4) is 17.2 Å². The largest absolute Gasteiger partial charge is 0.492 e. The Morgan fingerprint density at radius 2 is 1.94 bits per heavy atom. The molecule has 3 aromatic rings. The monoisotopic (exact) mass is 421 g/mol. The van der Waals surface area contributed by atoms with Gasteiger partial charge in [-0.05, 0) is 36.8 Å². The van der Waals surface area contributed by atoms with Crippen LogP contribution in [0.25, 0.3) is 11.5 Å². The first kappa shape index (κ1) is 21.1. The molecular weight excluding hydrogens is 394 g/mol. The first-order valence-corrected chi connectivity index (χ1v) is 10.5. The Morgan fingerprint density at radius 3 is 2.74 bits per heavy atom. The summed E-state index contributed by atoms with van der Waals surface area (Å²) in [6, 6.07) is 17.3. The lowest BCUT2D eigenvalue weighted by molar-refractivity contribution is 0.0322. The van der Waals surface area contributed by atoms with Crippen LogP contribution in [-0.4, -0.2) is 55.2 Å². The molecule has 0 bridgehead atoms. The molecule has 0 spiro atoms. The summed E-state index contributed by atoms with van der Waals surface area (Å²) in [5.41, 5.74) is 2.10. The number of aryl methyl sites for hydroxylation is 1. The van der Waals surface area contributed by atoms with Gasteiger partial charge in [0.1, 0.15) is 18.1 Å². The third-order valence-electron chi connectivity index (χ3n) is 5.16. The van der Waals surface area contributed by atoms with Gasteiger partial charge < -0.3 is 19.2 Å². The highest BCUT2D eigenvalue weighted by atomic mass is 16.5. The van der Waals surface area contributed by atoms with Crippen LogP contribution in [0.1, 0.15) is 21.8 Å². The molecule has 7 heteroatoms. The van der Waals surface area contributed by atoms with Gasteiger partial charge in [0.05, 0.1) is 13.2 Å². The summed E-state index contributed by atoms with van der Waals surface area (Å²) in [4.78, 5) is 19.3. The average Bonchev–Trinajstić information content (AvgIpc) is 3.21. The van der Waals surface area contributed by atoms with Crippen molar-refractivity contribution in [2.24, 2.45) is 0 Å². The van der Waals surface area contributed by atoms with Gasteiger partial charge in [-0.1, -0.05) is 30.3 Å². The fourth-order valence-corrected chi connectivity index (χ4v) is 3.44. The second-order valence-electron chi connectivity index (χ2n) is 7.42. The molecule has 0 unspecified atom stereocenters. The molecule has 1 N–H and O–H groups in total. The molecule has 1 saturated heterocycles. The van der Waals surface area contributed by atoms with Crippen LogP contribution in [0.3, 0.4) is 0 Å². The zero-order valence-corrected chi connectivity index (χ0v) is 17.7. The molecule has 162 valence electrons. The summed E-state index contributed by atoms with van der Waals surface area (Å²) in [7, 11) is 0. The molecule has 0 aliphatic carbocycles. The van der Waals surface area contributed by atoms with Crippen molar-refractivity contribution in [3.05, 3.63) is 71.6 Å². The van der Waals surface area contributed by atoms with Gasteiger partial charge in [-0.25, -0.2) is 4.98 Å². The molecule has 1 fully saturated rings. The standard InChI is InChI=1S/C24H27N3O4/c1-18-22(26-24(31-18)20-7-3-2-4-8-20)23(28)25-17-19-6-5-9-21(16-19)30-15-12-27-10-13-29-14-11-27/h2-9,16H,10-15,17H2,1H3,(H,25,28). The summed E-state index contributed by atoms with van der Waals surface area (Å²) in [5, 5.41) is 2.92. The Morgan fingerprint density at radius 1 is 1.13 bits per heavy atom. The highest BCUT2D eigenvalue weighted by molar-refractivity contribution is 5.93. The molecule has 1 aliphatic rings. The average molecular weight is 421 g/mol. The van der Waals surface area contributed by atoms with E-state index in [1.807, 2.05) is 54.6 Å². The van der Waals surface area contributed by atoms with Gasteiger partial charge in [-0.2, -0.15) is 0 Å². The number of benzene rings is 2. The number of hydrogen-bond donors (Lipinski definition) is 1. The van der Waals surface area contributed by atoms with Crippen molar-refractivity contribution >= 4 is 5.91 Å². The highest BCUT2D eigenvalue weighted by Gasteiger charge is 2.18. The number of oxazole rings is 1. The van der Waals surface area contributed by atoms with Crippen LogP contribution in [0.5, 0.6) is 5.75 Å². The lowest BCUT2D eigenvalue weighted by Crippen LogP contribution is -2.38. The molecule has 0 radical (unpaired) electrons. The third-order valence-corrected chi connectivity index (χ3v) is 5.16. The predicted molar refractivity (Wildman–Crippen MR) is 117 cm³/mol. The summed E-state index contributed by atoms with van der Waals surface area (Å²) in [6.45, 7) is 7.09. The number of hydrogen-bond acceptors (Lipinski definition) is 6. The maximum Gasteiger partial charge on any atom is 0.273 e. The Labute approximate surface area is 182 Å². The van der Waals surface area contributed by atoms with E-state index in [-0.39, 0.29) is 5.91 Å². The van der Waals surface area contributed by atoms with Crippen LogP contribution in [-0.2, 0) is 11.3 Å². The van der Waals surface area contributed by atoms with E-state index in [9.17, 15) is 4.79 Å². The predicted octanol–water partition coefficient (Wildman–Crippen LogP) is 3.29. The summed E-state index contributed by atoms with van der Waals surface area (Å²) >= 11 is 0. The molecule has 0 saturated carbocycles. The van der Waals surface area contributed by atoms with E-state index in [1.54, 1.807) is 6.92 Å². The fourth-order valence-electron chi connectivity index (χ4n) is 3.44. The molecule has 31 heavy (non-hydrogen) atoms. The SMILES string of the molecule is Cc1oc(-c2ccccc2)nc1C(=O)NCc1cccc(OCCN2CCOCC2)c1. The molecular formula is C24H27N3O4. The number of aromatic nitrogens is 1. The smallest absolute Gasteiger partial charge is 0.273 e. The Hall–Kier alpha value is -3.16. The van der Waals surface area contributed by atoms with E-state index < -0.39 is 0 Å². The number of nitrogens with zero attached hydrogens (tertiary/aromatic N) is 2. The minimum absolute atomic E-state index is 0.262. The second-order valence-corrected chi connectivity index (χ2v) is 7.42. The first-order chi connectivity index (χ1) is 15.2. The number of amides is 1. The molecule has 1 aliphatic heterocycles. The Kier molecular flexibility index (Phi) is 6.96. The van der Waals surface area contributed by atoms with Crippen molar-refractivity contribution in [2.45, 2.75) is 13.5 Å². The quantitative estimate of drug-likeness (QED) is 0.602. The van der Waals surface area contributed by atoms with Crippen molar-refractivity contribution in [2.75, 3.05) is 39.5 Å². The van der Waals surface area contributed by atoms with E-state index in [1.165, 1.54) is 0 Å².